The lowest BCUT2D eigenvalue weighted by Crippen LogP contribution is -1.95. The molecule has 0 unspecified atom stereocenters. The predicted molar refractivity (Wildman–Crippen MR) is 54.6 cm³/mol. The van der Waals surface area contributed by atoms with Crippen molar-refractivity contribution in [3.8, 4) is 5.75 Å². The van der Waals surface area contributed by atoms with Crippen molar-refractivity contribution in [3.63, 3.8) is 0 Å². The Kier molecular flexibility index (Phi) is 2.53. The molecule has 74 valence electrons. The van der Waals surface area contributed by atoms with Gasteiger partial charge in [0, 0.05) is 12.8 Å². The number of ketones is 1. The summed E-state index contributed by atoms with van der Waals surface area (Å²) < 4.78 is 5.16. The number of carbonyl (C=O) groups is 1. The highest BCUT2D eigenvalue weighted by Crippen LogP contribution is 2.23. The minimum atomic E-state index is 0.375. The molecule has 0 amide bonds. The van der Waals surface area contributed by atoms with Crippen LogP contribution in [0, 0.1) is 0 Å². The van der Waals surface area contributed by atoms with Gasteiger partial charge in [0.05, 0.1) is 7.11 Å². The Bertz CT molecular complexity index is 355. The molecule has 0 spiro atoms. The van der Waals surface area contributed by atoms with Gasteiger partial charge < -0.3 is 4.74 Å². The van der Waals surface area contributed by atoms with E-state index in [0.29, 0.717) is 18.6 Å². The maximum Gasteiger partial charge on any atom is 0.133 e. The molecule has 1 aliphatic carbocycles. The molecule has 0 fully saturated rings. The summed E-state index contributed by atoms with van der Waals surface area (Å²) in [7, 11) is 1.67. The van der Waals surface area contributed by atoms with E-state index >= 15 is 0 Å². The number of carbonyl (C=O) groups excluding carboxylic acids is 1. The summed E-state index contributed by atoms with van der Waals surface area (Å²) in [5.41, 5.74) is 2.58. The van der Waals surface area contributed by atoms with Crippen LogP contribution in [0.25, 0.3) is 0 Å². The SMILES string of the molecule is COc1ccc2c(c1)CCC(=O)CC2. The number of Topliss-reactive ketones (excluding diaryl/α,β-unsaturated/α-hetero) is 1. The lowest BCUT2D eigenvalue weighted by Gasteiger charge is -2.06. The number of hydrogen-bond donors (Lipinski definition) is 0. The molecule has 0 heterocycles. The van der Waals surface area contributed by atoms with Crippen LogP contribution >= 0.6 is 0 Å². The van der Waals surface area contributed by atoms with Gasteiger partial charge in [-0.25, -0.2) is 0 Å². The highest BCUT2D eigenvalue weighted by molar-refractivity contribution is 5.79. The number of ether oxygens (including phenoxy) is 1. The molecular weight excluding hydrogens is 176 g/mol. The first-order valence-electron chi connectivity index (χ1n) is 4.97. The molecule has 0 N–H and O–H groups in total. The molecule has 0 aromatic heterocycles. The van der Waals surface area contributed by atoms with Crippen molar-refractivity contribution in [2.45, 2.75) is 25.7 Å². The van der Waals surface area contributed by atoms with Crippen LogP contribution in [0.1, 0.15) is 24.0 Å². The van der Waals surface area contributed by atoms with Crippen molar-refractivity contribution in [2.75, 3.05) is 7.11 Å². The van der Waals surface area contributed by atoms with E-state index < -0.39 is 0 Å². The van der Waals surface area contributed by atoms with Gasteiger partial charge in [-0.15, -0.1) is 0 Å². The molecule has 14 heavy (non-hydrogen) atoms. The Labute approximate surface area is 83.9 Å². The highest BCUT2D eigenvalue weighted by Gasteiger charge is 2.13. The lowest BCUT2D eigenvalue weighted by atomic mass is 10.0. The Balaban J connectivity index is 2.31. The molecule has 1 aliphatic rings. The molecule has 0 radical (unpaired) electrons. The Morgan fingerprint density at radius 1 is 1.07 bits per heavy atom. The summed E-state index contributed by atoms with van der Waals surface area (Å²) in [5.74, 6) is 1.26. The van der Waals surface area contributed by atoms with E-state index in [1.807, 2.05) is 12.1 Å². The number of methoxy groups -OCH3 is 1. The van der Waals surface area contributed by atoms with E-state index in [1.165, 1.54) is 11.1 Å². The van der Waals surface area contributed by atoms with Crippen molar-refractivity contribution in [1.82, 2.24) is 0 Å². The average Bonchev–Trinajstić information content (AvgIpc) is 2.40. The molecule has 2 nitrogen and oxygen atoms in total. The first kappa shape index (κ1) is 9.25. The van der Waals surface area contributed by atoms with Gasteiger partial charge in [0.1, 0.15) is 11.5 Å². The van der Waals surface area contributed by atoms with Crippen LogP contribution in [-0.2, 0) is 17.6 Å². The lowest BCUT2D eigenvalue weighted by molar-refractivity contribution is -0.118. The average molecular weight is 190 g/mol. The maximum atomic E-state index is 11.3. The second-order valence-corrected chi connectivity index (χ2v) is 3.67. The largest absolute Gasteiger partial charge is 0.497 e. The van der Waals surface area contributed by atoms with Gasteiger partial charge in [0.2, 0.25) is 0 Å². The molecule has 2 rings (SSSR count). The summed E-state index contributed by atoms with van der Waals surface area (Å²) in [6, 6.07) is 6.09. The number of aryl methyl sites for hydroxylation is 2. The van der Waals surface area contributed by atoms with E-state index in [1.54, 1.807) is 7.11 Å². The summed E-state index contributed by atoms with van der Waals surface area (Å²) in [6.07, 6.45) is 3.13. The van der Waals surface area contributed by atoms with Crippen LogP contribution in [0.5, 0.6) is 5.75 Å². The fourth-order valence-electron chi connectivity index (χ4n) is 1.88. The zero-order valence-corrected chi connectivity index (χ0v) is 8.38. The van der Waals surface area contributed by atoms with Gasteiger partial charge in [0.15, 0.2) is 0 Å². The van der Waals surface area contributed by atoms with E-state index in [4.69, 9.17) is 4.74 Å². The van der Waals surface area contributed by atoms with Crippen molar-refractivity contribution in [3.05, 3.63) is 29.3 Å². The number of hydrogen-bond acceptors (Lipinski definition) is 2. The number of rotatable bonds is 1. The van der Waals surface area contributed by atoms with Gasteiger partial charge in [0.25, 0.3) is 0 Å². The van der Waals surface area contributed by atoms with Crippen molar-refractivity contribution in [2.24, 2.45) is 0 Å². The quantitative estimate of drug-likeness (QED) is 0.634. The first-order valence-corrected chi connectivity index (χ1v) is 4.97. The molecule has 0 atom stereocenters. The summed E-state index contributed by atoms with van der Waals surface area (Å²) >= 11 is 0. The Morgan fingerprint density at radius 3 is 2.50 bits per heavy atom. The minimum Gasteiger partial charge on any atom is -0.497 e. The molecular formula is C12H14O2. The van der Waals surface area contributed by atoms with Crippen molar-refractivity contribution >= 4 is 5.78 Å². The van der Waals surface area contributed by atoms with Crippen LogP contribution in [0.15, 0.2) is 18.2 Å². The fourth-order valence-corrected chi connectivity index (χ4v) is 1.88. The van der Waals surface area contributed by atoms with Crippen molar-refractivity contribution in [1.29, 1.82) is 0 Å². The van der Waals surface area contributed by atoms with Crippen LogP contribution in [0.2, 0.25) is 0 Å². The predicted octanol–water partition coefficient (Wildman–Crippen LogP) is 2.14. The standard InChI is InChI=1S/C12H14O2/c1-14-12-7-4-9-2-5-11(13)6-3-10(9)8-12/h4,7-8H,2-3,5-6H2,1H3. The monoisotopic (exact) mass is 190 g/mol. The van der Waals surface area contributed by atoms with Crippen molar-refractivity contribution < 1.29 is 9.53 Å². The van der Waals surface area contributed by atoms with Crippen LogP contribution in [0.4, 0.5) is 0 Å². The van der Waals surface area contributed by atoms with Crippen LogP contribution in [-0.4, -0.2) is 12.9 Å². The third-order valence-electron chi connectivity index (χ3n) is 2.76. The summed E-state index contributed by atoms with van der Waals surface area (Å²) in [6.45, 7) is 0. The van der Waals surface area contributed by atoms with Crippen LogP contribution < -0.4 is 4.74 Å². The van der Waals surface area contributed by atoms with Gasteiger partial charge >= 0.3 is 0 Å². The van der Waals surface area contributed by atoms with Gasteiger partial charge in [-0.1, -0.05) is 6.07 Å². The topological polar surface area (TPSA) is 26.3 Å². The molecule has 1 aromatic rings. The smallest absolute Gasteiger partial charge is 0.133 e. The molecule has 0 aliphatic heterocycles. The summed E-state index contributed by atoms with van der Waals surface area (Å²) in [4.78, 5) is 11.3. The van der Waals surface area contributed by atoms with E-state index in [2.05, 4.69) is 6.07 Å². The zero-order valence-electron chi connectivity index (χ0n) is 8.38. The Hall–Kier alpha value is -1.31. The normalized spacial score (nSPS) is 15.9. The van der Waals surface area contributed by atoms with E-state index in [0.717, 1.165) is 18.6 Å². The Morgan fingerprint density at radius 2 is 1.79 bits per heavy atom. The first-order chi connectivity index (χ1) is 6.79. The van der Waals surface area contributed by atoms with Gasteiger partial charge in [-0.3, -0.25) is 4.79 Å². The fraction of sp³-hybridized carbons (Fsp3) is 0.417. The third-order valence-corrected chi connectivity index (χ3v) is 2.76. The van der Waals surface area contributed by atoms with Gasteiger partial charge in [-0.05, 0) is 36.1 Å². The molecule has 0 bridgehead atoms. The maximum absolute atomic E-state index is 11.3. The number of fused-ring (bicyclic) bond motifs is 1. The molecule has 0 saturated carbocycles. The van der Waals surface area contributed by atoms with E-state index in [-0.39, 0.29) is 0 Å². The molecule has 1 aromatic carbocycles. The zero-order chi connectivity index (χ0) is 9.97. The third kappa shape index (κ3) is 1.79. The summed E-state index contributed by atoms with van der Waals surface area (Å²) in [5, 5.41) is 0. The molecule has 0 saturated heterocycles. The second kappa shape index (κ2) is 3.82. The van der Waals surface area contributed by atoms with Gasteiger partial charge in [-0.2, -0.15) is 0 Å². The number of benzene rings is 1. The van der Waals surface area contributed by atoms with E-state index in [9.17, 15) is 4.79 Å². The minimum absolute atomic E-state index is 0.375. The second-order valence-electron chi connectivity index (χ2n) is 3.67. The molecule has 2 heteroatoms. The van der Waals surface area contributed by atoms with Crippen LogP contribution in [0.3, 0.4) is 0 Å². The highest BCUT2D eigenvalue weighted by atomic mass is 16.5.